The van der Waals surface area contributed by atoms with Gasteiger partial charge in [-0.3, -0.25) is 0 Å². The molecule has 3 nitrogen and oxygen atoms in total. The van der Waals surface area contributed by atoms with Crippen LogP contribution in [0, 0.1) is 0 Å². The fourth-order valence-corrected chi connectivity index (χ4v) is 2.12. The molecule has 0 aliphatic carbocycles. The number of aromatic hydroxyl groups is 1. The zero-order valence-electron chi connectivity index (χ0n) is 8.57. The van der Waals surface area contributed by atoms with Crippen molar-refractivity contribution in [3.8, 4) is 5.75 Å². The third kappa shape index (κ3) is 5.01. The first-order chi connectivity index (χ1) is 7.22. The molecule has 1 N–H and O–H groups in total. The van der Waals surface area contributed by atoms with Gasteiger partial charge in [0.1, 0.15) is 0 Å². The third-order valence-electron chi connectivity index (χ3n) is 1.79. The number of ether oxygens (including phenoxy) is 1. The van der Waals surface area contributed by atoms with E-state index in [9.17, 15) is 4.79 Å². The molecule has 1 rings (SSSR count). The summed E-state index contributed by atoms with van der Waals surface area (Å²) in [5.41, 5.74) is 1.07. The van der Waals surface area contributed by atoms with Crippen LogP contribution >= 0.6 is 0 Å². The van der Waals surface area contributed by atoms with Gasteiger partial charge in [0.25, 0.3) is 0 Å². The summed E-state index contributed by atoms with van der Waals surface area (Å²) in [7, 11) is 0. The van der Waals surface area contributed by atoms with Crippen LogP contribution in [0.2, 0.25) is 0 Å². The Balaban J connectivity index is 2.26. The number of rotatable bonds is 5. The molecule has 1 aromatic carbocycles. The number of hydrogen-bond donors (Lipinski definition) is 1. The Morgan fingerprint density at radius 2 is 2.07 bits per heavy atom. The molecule has 0 radical (unpaired) electrons. The van der Waals surface area contributed by atoms with E-state index in [1.54, 1.807) is 12.1 Å². The topological polar surface area (TPSA) is 46.5 Å². The Bertz CT molecular complexity index is 308. The van der Waals surface area contributed by atoms with Gasteiger partial charge in [-0.1, -0.05) is 0 Å². The third-order valence-corrected chi connectivity index (χ3v) is 3.48. The van der Waals surface area contributed by atoms with Crippen LogP contribution < -0.4 is 21.2 Å². The molecule has 0 fully saturated rings. The van der Waals surface area contributed by atoms with E-state index in [-0.39, 0.29) is 9.73 Å². The van der Waals surface area contributed by atoms with Crippen molar-refractivity contribution in [2.45, 2.75) is 13.3 Å². The minimum absolute atomic E-state index is 0.0323. The van der Waals surface area contributed by atoms with Crippen molar-refractivity contribution < 1.29 is 35.8 Å². The Morgan fingerprint density at radius 1 is 1.40 bits per heavy atom. The molecule has 0 spiro atoms. The van der Waals surface area contributed by atoms with Gasteiger partial charge in [-0.25, -0.2) is 0 Å². The van der Waals surface area contributed by atoms with E-state index in [4.69, 9.17) is 9.84 Å². The number of carbonyl (C=O) groups is 1. The second-order valence-corrected chi connectivity index (χ2v) is 6.07. The predicted octanol–water partition coefficient (Wildman–Crippen LogP) is -0.820. The van der Waals surface area contributed by atoms with Gasteiger partial charge >= 0.3 is 99.8 Å². The van der Waals surface area contributed by atoms with Crippen LogP contribution in [0.4, 0.5) is 4.79 Å². The number of phenols is 1. The minimum atomic E-state index is -0.424. The van der Waals surface area contributed by atoms with Crippen molar-refractivity contribution in [2.24, 2.45) is 0 Å². The fraction of sp³-hybridized carbons (Fsp3) is 0.364. The van der Waals surface area contributed by atoms with E-state index in [1.165, 1.54) is 0 Å². The molecule has 0 aromatic heterocycles. The summed E-state index contributed by atoms with van der Waals surface area (Å²) in [4.78, 5) is 11.1. The first-order valence-corrected chi connectivity index (χ1v) is 7.36. The van der Waals surface area contributed by atoms with Crippen LogP contribution in [0.3, 0.4) is 0 Å². The fourth-order valence-electron chi connectivity index (χ4n) is 1.06. The molecule has 84 valence electrons. The number of hydrogen-bond acceptors (Lipinski definition) is 3. The maximum atomic E-state index is 11.1. The van der Waals surface area contributed by atoms with Crippen molar-refractivity contribution >= 4 is 3.98 Å². The first kappa shape index (κ1) is 12.3. The number of alkyl halides is 1. The summed E-state index contributed by atoms with van der Waals surface area (Å²) < 4.78 is 5.96. The second kappa shape index (κ2) is 6.66. The molecule has 0 saturated heterocycles. The number of halogens is 1. The molecule has 0 aliphatic rings. The molecular formula is C11H14IO3-. The van der Waals surface area contributed by atoms with Crippen molar-refractivity contribution in [1.82, 2.24) is 0 Å². The quantitative estimate of drug-likeness (QED) is 0.438. The number of phenolic OH excluding ortho intramolecular Hbond substituents is 1. The Hall–Kier alpha value is -0.780. The molecule has 15 heavy (non-hydrogen) atoms. The average molecular weight is 321 g/mol. The summed E-state index contributed by atoms with van der Waals surface area (Å²) in [6, 6.07) is 6.93. The van der Waals surface area contributed by atoms with Gasteiger partial charge in [0.2, 0.25) is 0 Å². The zero-order valence-corrected chi connectivity index (χ0v) is 10.7. The Morgan fingerprint density at radius 3 is 2.67 bits per heavy atom. The number of carbonyl (C=O) groups excluding carboxylic acids is 1. The Labute approximate surface area is 99.7 Å². The summed E-state index contributed by atoms with van der Waals surface area (Å²) in [5.74, 6) is 0.257. The van der Waals surface area contributed by atoms with E-state index >= 15 is 0 Å². The van der Waals surface area contributed by atoms with Gasteiger partial charge in [0, 0.05) is 0 Å². The van der Waals surface area contributed by atoms with Crippen molar-refractivity contribution in [1.29, 1.82) is 0 Å². The van der Waals surface area contributed by atoms with E-state index in [1.807, 2.05) is 19.1 Å². The van der Waals surface area contributed by atoms with Crippen molar-refractivity contribution in [3.63, 3.8) is 0 Å². The monoisotopic (exact) mass is 321 g/mol. The SMILES string of the molecule is CC[I-]C(=O)OCCc1ccc(O)cc1. The van der Waals surface area contributed by atoms with Crippen LogP contribution in [0.15, 0.2) is 24.3 Å². The standard InChI is InChI=1S/C11H14IO3/c1-2-12-11(14)15-8-7-9-3-5-10(13)6-4-9/h3-6,13H,2,7-8H2,1H3/q-1. The molecular weight excluding hydrogens is 307 g/mol. The van der Waals surface area contributed by atoms with E-state index in [2.05, 4.69) is 0 Å². The zero-order chi connectivity index (χ0) is 11.1. The van der Waals surface area contributed by atoms with E-state index in [0.717, 1.165) is 9.99 Å². The average Bonchev–Trinajstić information content (AvgIpc) is 2.21. The van der Waals surface area contributed by atoms with Crippen LogP contribution in [0.1, 0.15) is 12.5 Å². The number of benzene rings is 1. The summed E-state index contributed by atoms with van der Waals surface area (Å²) in [6.07, 6.45) is 0.708. The molecule has 0 aliphatic heterocycles. The molecule has 0 bridgehead atoms. The summed E-state index contributed by atoms with van der Waals surface area (Å²) in [6.45, 7) is 2.43. The molecule has 0 amide bonds. The normalized spacial score (nSPS) is 10.2. The maximum absolute atomic E-state index is 11.1. The van der Waals surface area contributed by atoms with E-state index < -0.39 is 21.2 Å². The van der Waals surface area contributed by atoms with Gasteiger partial charge in [0.05, 0.1) is 0 Å². The second-order valence-electron chi connectivity index (χ2n) is 2.90. The van der Waals surface area contributed by atoms with Crippen LogP contribution in [0.5, 0.6) is 5.75 Å². The molecule has 1 aromatic rings. The molecule has 4 heteroatoms. The first-order valence-electron chi connectivity index (χ1n) is 4.76. The van der Waals surface area contributed by atoms with Gasteiger partial charge in [0.15, 0.2) is 0 Å². The Kier molecular flexibility index (Phi) is 5.45. The van der Waals surface area contributed by atoms with Crippen molar-refractivity contribution in [2.75, 3.05) is 11.0 Å². The molecule has 0 unspecified atom stereocenters. The van der Waals surface area contributed by atoms with Gasteiger partial charge < -0.3 is 0 Å². The van der Waals surface area contributed by atoms with Crippen LogP contribution in [-0.4, -0.2) is 20.1 Å². The predicted molar refractivity (Wildman–Crippen MR) is 53.7 cm³/mol. The van der Waals surface area contributed by atoms with Crippen LogP contribution in [0.25, 0.3) is 0 Å². The summed E-state index contributed by atoms with van der Waals surface area (Å²) >= 11 is -0.424. The summed E-state index contributed by atoms with van der Waals surface area (Å²) in [5, 5.41) is 9.06. The van der Waals surface area contributed by atoms with Gasteiger partial charge in [-0.05, 0) is 0 Å². The van der Waals surface area contributed by atoms with Crippen molar-refractivity contribution in [3.05, 3.63) is 29.8 Å². The van der Waals surface area contributed by atoms with E-state index in [0.29, 0.717) is 13.0 Å². The van der Waals surface area contributed by atoms with Gasteiger partial charge in [-0.2, -0.15) is 0 Å². The van der Waals surface area contributed by atoms with Crippen LogP contribution in [-0.2, 0) is 11.2 Å². The molecule has 0 heterocycles. The molecule has 0 saturated carbocycles. The van der Waals surface area contributed by atoms with Gasteiger partial charge in [-0.15, -0.1) is 0 Å². The molecule has 0 atom stereocenters.